The molecule has 0 radical (unpaired) electrons. The van der Waals surface area contributed by atoms with Crippen LogP contribution in [0.1, 0.15) is 40.0 Å². The van der Waals surface area contributed by atoms with Crippen LogP contribution in [0.5, 0.6) is 0 Å². The quantitative estimate of drug-likeness (QED) is 0.539. The van der Waals surface area contributed by atoms with E-state index < -0.39 is 0 Å². The van der Waals surface area contributed by atoms with Crippen molar-refractivity contribution in [3.05, 3.63) is 0 Å². The van der Waals surface area contributed by atoms with Crippen molar-refractivity contribution in [1.29, 1.82) is 0 Å². The average Bonchev–Trinajstić information content (AvgIpc) is 2.09. The van der Waals surface area contributed by atoms with Gasteiger partial charge in [0.1, 0.15) is 0 Å². The highest BCUT2D eigenvalue weighted by molar-refractivity contribution is 4.75. The molecule has 0 aromatic carbocycles. The lowest BCUT2D eigenvalue weighted by molar-refractivity contribution is -0.942. The first-order valence-corrected chi connectivity index (χ1v) is 4.86. The Labute approximate surface area is 71.0 Å². The zero-order valence-electron chi connectivity index (χ0n) is 8.48. The van der Waals surface area contributed by atoms with Crippen molar-refractivity contribution in [2.24, 2.45) is 0 Å². The Kier molecular flexibility index (Phi) is 2.29. The van der Waals surface area contributed by atoms with Crippen LogP contribution < -0.4 is 0 Å². The van der Waals surface area contributed by atoms with Crippen LogP contribution in [0, 0.1) is 0 Å². The lowest BCUT2D eigenvalue weighted by Crippen LogP contribution is -2.54. The van der Waals surface area contributed by atoms with E-state index in [1.165, 1.54) is 36.8 Å². The molecule has 0 spiro atoms. The molecule has 1 heterocycles. The van der Waals surface area contributed by atoms with Crippen LogP contribution in [-0.4, -0.2) is 30.2 Å². The molecule has 0 N–H and O–H groups in total. The molecular weight excluding hydrogens is 134 g/mol. The van der Waals surface area contributed by atoms with E-state index in [4.69, 9.17) is 0 Å². The predicted octanol–water partition coefficient (Wildman–Crippen LogP) is 2.42. The van der Waals surface area contributed by atoms with Gasteiger partial charge in [0.15, 0.2) is 0 Å². The molecule has 1 rings (SSSR count). The fraction of sp³-hybridized carbons (Fsp3) is 1.00. The van der Waals surface area contributed by atoms with Crippen molar-refractivity contribution >= 4 is 0 Å². The lowest BCUT2D eigenvalue weighted by atomic mass is 10.00. The summed E-state index contributed by atoms with van der Waals surface area (Å²) in [5.41, 5.74) is 0.538. The molecule has 11 heavy (non-hydrogen) atoms. The monoisotopic (exact) mass is 156 g/mol. The maximum atomic E-state index is 2.41. The molecule has 1 atom stereocenters. The molecular formula is C10H22N+. The van der Waals surface area contributed by atoms with Crippen LogP contribution in [-0.2, 0) is 0 Å². The van der Waals surface area contributed by atoms with E-state index in [1.54, 1.807) is 0 Å². The van der Waals surface area contributed by atoms with Crippen molar-refractivity contribution in [1.82, 2.24) is 0 Å². The second-order valence-corrected chi connectivity index (χ2v) is 4.76. The maximum Gasteiger partial charge on any atom is 0.0935 e. The van der Waals surface area contributed by atoms with Gasteiger partial charge in [0, 0.05) is 12.8 Å². The van der Waals surface area contributed by atoms with E-state index in [9.17, 15) is 0 Å². The van der Waals surface area contributed by atoms with Gasteiger partial charge < -0.3 is 4.48 Å². The largest absolute Gasteiger partial charge is 0.322 e. The van der Waals surface area contributed by atoms with Crippen molar-refractivity contribution in [3.8, 4) is 0 Å². The zero-order chi connectivity index (χ0) is 8.54. The highest BCUT2D eigenvalue weighted by Crippen LogP contribution is 2.34. The Balaban J connectivity index is 2.68. The SMILES string of the molecule is CCC[N+]1(C)CCCC1(C)C. The third-order valence-corrected chi connectivity index (χ3v) is 3.62. The van der Waals surface area contributed by atoms with Crippen LogP contribution >= 0.6 is 0 Å². The molecule has 1 saturated heterocycles. The summed E-state index contributed by atoms with van der Waals surface area (Å²) in [5, 5.41) is 0. The molecule has 1 nitrogen and oxygen atoms in total. The highest BCUT2D eigenvalue weighted by Gasteiger charge is 2.43. The summed E-state index contributed by atoms with van der Waals surface area (Å²) in [7, 11) is 2.41. The number of rotatable bonds is 2. The normalized spacial score (nSPS) is 36.0. The van der Waals surface area contributed by atoms with E-state index in [2.05, 4.69) is 27.8 Å². The molecule has 1 heteroatoms. The second-order valence-electron chi connectivity index (χ2n) is 4.76. The van der Waals surface area contributed by atoms with Crippen LogP contribution in [0.3, 0.4) is 0 Å². The number of quaternary nitrogens is 1. The standard InChI is InChI=1S/C10H22N/c1-5-8-11(4)9-6-7-10(11,2)3/h5-9H2,1-4H3/q+1. The van der Waals surface area contributed by atoms with Gasteiger partial charge in [-0.2, -0.15) is 0 Å². The first-order chi connectivity index (χ1) is 5.02. The third kappa shape index (κ3) is 1.44. The van der Waals surface area contributed by atoms with Crippen LogP contribution in [0.4, 0.5) is 0 Å². The minimum absolute atomic E-state index is 0.538. The highest BCUT2D eigenvalue weighted by atomic mass is 15.4. The van der Waals surface area contributed by atoms with E-state index >= 15 is 0 Å². The number of nitrogens with zero attached hydrogens (tertiary/aromatic N) is 1. The lowest BCUT2D eigenvalue weighted by Gasteiger charge is -2.42. The molecule has 0 aromatic rings. The molecule has 1 fully saturated rings. The molecule has 66 valence electrons. The Morgan fingerprint density at radius 3 is 2.36 bits per heavy atom. The van der Waals surface area contributed by atoms with E-state index in [1.807, 2.05) is 0 Å². The minimum Gasteiger partial charge on any atom is -0.322 e. The molecule has 0 aliphatic carbocycles. The summed E-state index contributed by atoms with van der Waals surface area (Å²) in [4.78, 5) is 0. The maximum absolute atomic E-state index is 2.41. The summed E-state index contributed by atoms with van der Waals surface area (Å²) in [6.45, 7) is 9.86. The van der Waals surface area contributed by atoms with Crippen molar-refractivity contribution in [2.45, 2.75) is 45.6 Å². The van der Waals surface area contributed by atoms with Gasteiger partial charge in [-0.1, -0.05) is 6.92 Å². The first-order valence-electron chi connectivity index (χ1n) is 4.86. The summed E-state index contributed by atoms with van der Waals surface area (Å²) in [6.07, 6.45) is 4.15. The third-order valence-electron chi connectivity index (χ3n) is 3.62. The second kappa shape index (κ2) is 2.78. The fourth-order valence-corrected chi connectivity index (χ4v) is 2.34. The molecule has 0 amide bonds. The number of likely N-dealkylation sites (tertiary alicyclic amines) is 1. The summed E-state index contributed by atoms with van der Waals surface area (Å²) in [5.74, 6) is 0. The Morgan fingerprint density at radius 1 is 1.36 bits per heavy atom. The summed E-state index contributed by atoms with van der Waals surface area (Å²) in [6, 6.07) is 0. The molecule has 0 bridgehead atoms. The van der Waals surface area contributed by atoms with Crippen molar-refractivity contribution in [3.63, 3.8) is 0 Å². The van der Waals surface area contributed by atoms with E-state index in [-0.39, 0.29) is 0 Å². The predicted molar refractivity (Wildman–Crippen MR) is 49.5 cm³/mol. The Hall–Kier alpha value is -0.0400. The molecule has 1 aliphatic rings. The van der Waals surface area contributed by atoms with Crippen molar-refractivity contribution < 1.29 is 4.48 Å². The Bertz CT molecular complexity index is 140. The van der Waals surface area contributed by atoms with E-state index in [0.717, 1.165) is 0 Å². The van der Waals surface area contributed by atoms with Gasteiger partial charge >= 0.3 is 0 Å². The van der Waals surface area contributed by atoms with E-state index in [0.29, 0.717) is 5.54 Å². The average molecular weight is 156 g/mol. The minimum atomic E-state index is 0.538. The molecule has 1 aliphatic heterocycles. The van der Waals surface area contributed by atoms with Crippen LogP contribution in [0.2, 0.25) is 0 Å². The number of hydrogen-bond donors (Lipinski definition) is 0. The van der Waals surface area contributed by atoms with Crippen molar-refractivity contribution in [2.75, 3.05) is 20.1 Å². The topological polar surface area (TPSA) is 0 Å². The van der Waals surface area contributed by atoms with Gasteiger partial charge in [0.05, 0.1) is 25.7 Å². The van der Waals surface area contributed by atoms with Gasteiger partial charge in [-0.25, -0.2) is 0 Å². The fourth-order valence-electron chi connectivity index (χ4n) is 2.34. The molecule has 0 aromatic heterocycles. The smallest absolute Gasteiger partial charge is 0.0935 e. The van der Waals surface area contributed by atoms with Gasteiger partial charge in [-0.15, -0.1) is 0 Å². The Morgan fingerprint density at radius 2 is 2.00 bits per heavy atom. The number of hydrogen-bond acceptors (Lipinski definition) is 0. The van der Waals surface area contributed by atoms with Gasteiger partial charge in [0.25, 0.3) is 0 Å². The summed E-state index contributed by atoms with van der Waals surface area (Å²) >= 11 is 0. The summed E-state index contributed by atoms with van der Waals surface area (Å²) < 4.78 is 1.30. The van der Waals surface area contributed by atoms with Crippen LogP contribution in [0.15, 0.2) is 0 Å². The molecule has 0 saturated carbocycles. The zero-order valence-corrected chi connectivity index (χ0v) is 8.48. The van der Waals surface area contributed by atoms with Gasteiger partial charge in [-0.3, -0.25) is 0 Å². The first kappa shape index (κ1) is 9.05. The molecule has 1 unspecified atom stereocenters. The van der Waals surface area contributed by atoms with Gasteiger partial charge in [-0.05, 0) is 20.3 Å². The van der Waals surface area contributed by atoms with Gasteiger partial charge in [0.2, 0.25) is 0 Å². The van der Waals surface area contributed by atoms with Crippen LogP contribution in [0.25, 0.3) is 0 Å².